The van der Waals surface area contributed by atoms with Crippen molar-refractivity contribution in [3.05, 3.63) is 273 Å². The molecule has 0 atom stereocenters. The van der Waals surface area contributed by atoms with Crippen LogP contribution in [0.15, 0.2) is 254 Å². The van der Waals surface area contributed by atoms with Crippen LogP contribution in [0.3, 0.4) is 0 Å². The number of fused-ring (bicyclic) bond motifs is 3. The predicted molar refractivity (Wildman–Crippen MR) is 303 cm³/mol. The molecule has 0 spiro atoms. The average Bonchev–Trinajstić information content (AvgIpc) is 3.92. The first kappa shape index (κ1) is 43.5. The molecule has 0 bridgehead atoms. The normalized spacial score (nSPS) is 11.9. The molecule has 4 nitrogen and oxygen atoms in total. The van der Waals surface area contributed by atoms with Crippen LogP contribution in [0.4, 0.5) is 0 Å². The molecule has 13 aromatic rings. The summed E-state index contributed by atoms with van der Waals surface area (Å²) in [5.74, 6) is 0. The first-order valence-electron chi connectivity index (χ1n) is 26.0. The molecular weight excluding hydrogens is 1090 g/mol. The van der Waals surface area contributed by atoms with E-state index in [0.717, 1.165) is 128 Å². The van der Waals surface area contributed by atoms with Gasteiger partial charge < -0.3 is 19.4 Å². The minimum atomic E-state index is -2.27. The number of aromatic nitrogens is 3. The van der Waals surface area contributed by atoms with Crippen molar-refractivity contribution in [3.63, 3.8) is 0 Å². The van der Waals surface area contributed by atoms with Gasteiger partial charge in [0, 0.05) is 33.5 Å². The van der Waals surface area contributed by atoms with Crippen molar-refractivity contribution in [3.8, 4) is 112 Å². The van der Waals surface area contributed by atoms with Crippen LogP contribution in [-0.2, 0) is 20.1 Å². The predicted octanol–water partition coefficient (Wildman–Crippen LogP) is 18.1. The Morgan fingerprint density at radius 2 is 0.840 bits per heavy atom. The van der Waals surface area contributed by atoms with Gasteiger partial charge in [0.05, 0.1) is 0 Å². The molecular formula is C70H44IrN3O. The van der Waals surface area contributed by atoms with Crippen LogP contribution in [-0.4, -0.2) is 15.0 Å². The van der Waals surface area contributed by atoms with Crippen molar-refractivity contribution < 1.29 is 28.6 Å². The number of para-hydroxylation sites is 1. The van der Waals surface area contributed by atoms with E-state index >= 15 is 0 Å². The third-order valence-electron chi connectivity index (χ3n) is 13.7. The van der Waals surface area contributed by atoms with Gasteiger partial charge in [0.25, 0.3) is 0 Å². The van der Waals surface area contributed by atoms with Gasteiger partial charge in [-0.15, -0.1) is 83.4 Å². The van der Waals surface area contributed by atoms with Gasteiger partial charge in [-0.1, -0.05) is 172 Å². The number of furan rings is 1. The Bertz CT molecular complexity index is 4150. The van der Waals surface area contributed by atoms with E-state index in [9.17, 15) is 0 Å². The van der Waals surface area contributed by atoms with Gasteiger partial charge in [0.1, 0.15) is 11.2 Å². The third kappa shape index (κ3) is 9.21. The number of rotatable bonds is 10. The van der Waals surface area contributed by atoms with Gasteiger partial charge in [-0.05, 0) is 117 Å². The summed E-state index contributed by atoms with van der Waals surface area (Å²) in [7, 11) is 0. The second kappa shape index (κ2) is 20.4. The summed E-state index contributed by atoms with van der Waals surface area (Å²) in [5, 5.41) is 2.04. The Balaban J connectivity index is 0.00000609. The molecule has 5 heteroatoms. The molecule has 0 aliphatic carbocycles. The summed E-state index contributed by atoms with van der Waals surface area (Å²) >= 11 is 0. The van der Waals surface area contributed by atoms with E-state index in [4.69, 9.17) is 8.53 Å². The van der Waals surface area contributed by atoms with E-state index in [0.29, 0.717) is 5.69 Å². The Kier molecular flexibility index (Phi) is 11.8. The standard InChI is InChI=1S/C70H44N3O.Ir/c1-46-24-36-68(73-45-46)52-33-35-62(64(44-52)51-34-37-70-65(43-51)63-20-8-9-23-69(63)74-70)61-19-7-6-18-60(61)55-41-53(58-16-4-2-14-56(58)47-25-29-49(30-26-47)66-21-10-12-38-71-66)40-54(42-55)59-17-5-3-15-57(59)48-27-31-50(32-28-48)67-22-11-13-39-72-67;/h2-29,31,34-45H,1H3;/q-3;+3/i1D3;. The van der Waals surface area contributed by atoms with E-state index in [1.165, 1.54) is 6.20 Å². The Labute approximate surface area is 454 Å². The fourth-order valence-corrected chi connectivity index (χ4v) is 10.1. The fourth-order valence-electron chi connectivity index (χ4n) is 10.1. The average molecular weight is 1140 g/mol. The topological polar surface area (TPSA) is 51.8 Å². The molecule has 0 saturated carbocycles. The van der Waals surface area contributed by atoms with Crippen LogP contribution in [0, 0.1) is 25.1 Å². The minimum Gasteiger partial charge on any atom is -0.456 e. The summed E-state index contributed by atoms with van der Waals surface area (Å²) in [6, 6.07) is 89.8. The van der Waals surface area contributed by atoms with Crippen molar-refractivity contribution in [2.75, 3.05) is 0 Å². The van der Waals surface area contributed by atoms with Crippen LogP contribution in [0.5, 0.6) is 0 Å². The Hall–Kier alpha value is -9.12. The van der Waals surface area contributed by atoms with Crippen molar-refractivity contribution in [2.24, 2.45) is 0 Å². The van der Waals surface area contributed by atoms with Crippen molar-refractivity contribution in [2.45, 2.75) is 6.85 Å². The van der Waals surface area contributed by atoms with Gasteiger partial charge in [-0.2, -0.15) is 0 Å². The second-order valence-corrected chi connectivity index (χ2v) is 18.3. The smallest absolute Gasteiger partial charge is 0.456 e. The molecule has 354 valence electrons. The molecule has 13 rings (SSSR count). The molecule has 0 unspecified atom stereocenters. The molecule has 0 radical (unpaired) electrons. The van der Waals surface area contributed by atoms with Crippen LogP contribution in [0.25, 0.3) is 134 Å². The molecule has 0 aliphatic heterocycles. The fraction of sp³-hybridized carbons (Fsp3) is 0.0143. The molecule has 0 aliphatic rings. The maximum atomic E-state index is 7.98. The van der Waals surface area contributed by atoms with Gasteiger partial charge in [0.2, 0.25) is 0 Å². The van der Waals surface area contributed by atoms with E-state index in [1.54, 1.807) is 24.5 Å². The zero-order valence-electron chi connectivity index (χ0n) is 43.3. The van der Waals surface area contributed by atoms with E-state index in [-0.39, 0.29) is 25.7 Å². The molecule has 9 aromatic carbocycles. The summed E-state index contributed by atoms with van der Waals surface area (Å²) in [6.07, 6.45) is 5.05. The molecule has 0 saturated heterocycles. The third-order valence-corrected chi connectivity index (χ3v) is 13.7. The van der Waals surface area contributed by atoms with Crippen molar-refractivity contribution >= 4 is 21.9 Å². The quantitative estimate of drug-likeness (QED) is 0.128. The summed E-state index contributed by atoms with van der Waals surface area (Å²) < 4.78 is 30.3. The minimum absolute atomic E-state index is 0. The molecule has 75 heavy (non-hydrogen) atoms. The number of nitrogens with zero attached hydrogens (tertiary/aromatic N) is 3. The largest absolute Gasteiger partial charge is 3.00 e. The second-order valence-electron chi connectivity index (χ2n) is 18.3. The first-order valence-corrected chi connectivity index (χ1v) is 24.5. The molecule has 0 fully saturated rings. The van der Waals surface area contributed by atoms with Crippen molar-refractivity contribution in [1.29, 1.82) is 0 Å². The van der Waals surface area contributed by atoms with Gasteiger partial charge in [0.15, 0.2) is 0 Å². The summed E-state index contributed by atoms with van der Waals surface area (Å²) in [4.78, 5) is 13.8. The van der Waals surface area contributed by atoms with Crippen molar-refractivity contribution in [1.82, 2.24) is 15.0 Å². The first-order chi connectivity index (χ1) is 37.8. The van der Waals surface area contributed by atoms with E-state index < -0.39 is 6.85 Å². The Morgan fingerprint density at radius 3 is 1.37 bits per heavy atom. The monoisotopic (exact) mass is 1140 g/mol. The maximum absolute atomic E-state index is 7.98. The zero-order valence-corrected chi connectivity index (χ0v) is 42.6. The molecule has 4 heterocycles. The van der Waals surface area contributed by atoms with Crippen LogP contribution in [0.1, 0.15) is 9.68 Å². The number of pyridine rings is 3. The molecule has 0 N–H and O–H groups in total. The summed E-state index contributed by atoms with van der Waals surface area (Å²) in [5.41, 5.74) is 21.3. The Morgan fingerprint density at radius 1 is 0.347 bits per heavy atom. The van der Waals surface area contributed by atoms with Gasteiger partial charge in [-0.3, -0.25) is 0 Å². The van der Waals surface area contributed by atoms with Gasteiger partial charge in [-0.25, -0.2) is 0 Å². The number of hydrogen-bond acceptors (Lipinski definition) is 4. The number of benzene rings is 9. The molecule has 0 amide bonds. The number of hydrogen-bond donors (Lipinski definition) is 0. The maximum Gasteiger partial charge on any atom is 3.00 e. The van der Waals surface area contributed by atoms with E-state index in [2.05, 4.69) is 185 Å². The zero-order chi connectivity index (χ0) is 51.9. The van der Waals surface area contributed by atoms with Crippen LogP contribution < -0.4 is 0 Å². The SMILES string of the molecule is [2H]C([2H])([2H])c1ccc(-c2[c-]cc(-c3ccccc3-c3cc(-c4ccccc4-c4c[c-]c(-c5ccccn5)cc4)cc(-c4ccccc4-c4c[c-]c(-c5ccccn5)cc4)c3)c(-c3ccc4oc5ccccc5c4c3)c2)nc1.[Ir+3]. The van der Waals surface area contributed by atoms with Crippen LogP contribution >= 0.6 is 0 Å². The van der Waals surface area contributed by atoms with E-state index in [1.807, 2.05) is 66.7 Å². The molecule has 4 aromatic heterocycles. The number of aryl methyl sites for hydroxylation is 1. The van der Waals surface area contributed by atoms with Gasteiger partial charge >= 0.3 is 20.1 Å². The van der Waals surface area contributed by atoms with Crippen LogP contribution in [0.2, 0.25) is 0 Å². The summed E-state index contributed by atoms with van der Waals surface area (Å²) in [6.45, 7) is -2.27.